The first kappa shape index (κ1) is 15.2. The van der Waals surface area contributed by atoms with Crippen molar-refractivity contribution in [3.63, 3.8) is 0 Å². The summed E-state index contributed by atoms with van der Waals surface area (Å²) in [6.45, 7) is 1.91. The van der Waals surface area contributed by atoms with Crippen LogP contribution in [0.3, 0.4) is 0 Å². The summed E-state index contributed by atoms with van der Waals surface area (Å²) in [4.78, 5) is 17.3. The van der Waals surface area contributed by atoms with E-state index in [1.54, 1.807) is 17.9 Å². The van der Waals surface area contributed by atoms with Crippen LogP contribution in [0.2, 0.25) is 0 Å². The summed E-state index contributed by atoms with van der Waals surface area (Å²) < 4.78 is 1.74. The van der Waals surface area contributed by atoms with Gasteiger partial charge in [-0.3, -0.25) is 4.57 Å². The fourth-order valence-corrected chi connectivity index (χ4v) is 2.81. The van der Waals surface area contributed by atoms with E-state index in [0.717, 1.165) is 31.4 Å². The molecule has 0 amide bonds. The zero-order valence-electron chi connectivity index (χ0n) is 13.4. The van der Waals surface area contributed by atoms with Crippen molar-refractivity contribution in [2.24, 2.45) is 0 Å². The highest BCUT2D eigenvalue weighted by molar-refractivity contribution is 5.42. The molecule has 0 spiro atoms. The molecule has 0 aliphatic heterocycles. The summed E-state index contributed by atoms with van der Waals surface area (Å²) >= 11 is 0. The molecule has 8 heteroatoms. The fraction of sp³-hybridized carbons (Fsp3) is 0.533. The number of hydrogen-bond acceptors (Lipinski definition) is 7. The molecule has 2 N–H and O–H groups in total. The number of anilines is 2. The minimum absolute atomic E-state index is 0.411. The Bertz CT molecular complexity index is 723. The highest BCUT2D eigenvalue weighted by Crippen LogP contribution is 2.30. The Balaban J connectivity index is 1.94. The van der Waals surface area contributed by atoms with Crippen LogP contribution in [0, 0.1) is 18.3 Å². The number of nitrogens with one attached hydrogen (secondary N) is 2. The van der Waals surface area contributed by atoms with Crippen LogP contribution >= 0.6 is 0 Å². The lowest BCUT2D eigenvalue weighted by Crippen LogP contribution is -2.39. The summed E-state index contributed by atoms with van der Waals surface area (Å²) in [5.41, 5.74) is 0.291. The molecule has 3 rings (SSSR count). The normalized spacial score (nSPS) is 16.6. The van der Waals surface area contributed by atoms with E-state index in [4.69, 9.17) is 0 Å². The molecule has 0 aromatic carbocycles. The lowest BCUT2D eigenvalue weighted by molar-refractivity contribution is 0.390. The Hall–Kier alpha value is -2.69. The monoisotopic (exact) mass is 312 g/mol. The summed E-state index contributed by atoms with van der Waals surface area (Å²) in [6.07, 6.45) is 8.38. The smallest absolute Gasteiger partial charge is 0.241 e. The van der Waals surface area contributed by atoms with E-state index < -0.39 is 5.54 Å². The van der Waals surface area contributed by atoms with Gasteiger partial charge in [0, 0.05) is 13.2 Å². The lowest BCUT2D eigenvalue weighted by atomic mass is 9.83. The first-order valence-electron chi connectivity index (χ1n) is 7.78. The molecule has 1 aliphatic carbocycles. The molecule has 0 bridgehead atoms. The van der Waals surface area contributed by atoms with Gasteiger partial charge in [0.15, 0.2) is 0 Å². The predicted octanol–water partition coefficient (Wildman–Crippen LogP) is 2.05. The minimum Gasteiger partial charge on any atom is -0.357 e. The summed E-state index contributed by atoms with van der Waals surface area (Å²) in [7, 11) is 1.75. The third-order valence-corrected chi connectivity index (χ3v) is 4.06. The van der Waals surface area contributed by atoms with Crippen LogP contribution in [0.4, 0.5) is 11.9 Å². The summed E-state index contributed by atoms with van der Waals surface area (Å²) in [5, 5.41) is 15.8. The third-order valence-electron chi connectivity index (χ3n) is 4.06. The lowest BCUT2D eigenvalue weighted by Gasteiger charge is -2.31. The maximum atomic E-state index is 9.60. The van der Waals surface area contributed by atoms with Gasteiger partial charge in [0.1, 0.15) is 11.9 Å². The Kier molecular flexibility index (Phi) is 4.10. The molecule has 2 heterocycles. The molecular formula is C15H20N8. The van der Waals surface area contributed by atoms with Crippen molar-refractivity contribution in [3.05, 3.63) is 18.2 Å². The molecule has 0 atom stereocenters. The molecule has 1 aliphatic rings. The molecule has 0 saturated heterocycles. The van der Waals surface area contributed by atoms with Gasteiger partial charge in [-0.1, -0.05) is 19.3 Å². The fourth-order valence-electron chi connectivity index (χ4n) is 2.81. The summed E-state index contributed by atoms with van der Waals surface area (Å²) in [6, 6.07) is 2.42. The number of hydrogen-bond donors (Lipinski definition) is 2. The van der Waals surface area contributed by atoms with Crippen LogP contribution in [-0.2, 0) is 0 Å². The third kappa shape index (κ3) is 3.23. The zero-order chi connectivity index (χ0) is 16.3. The standard InChI is InChI=1S/C15H20N8/c1-11-8-23(10-18-11)14-20-12(17-2)19-13(21-14)22-15(9-16)6-4-3-5-7-15/h8,10H,3-7H2,1-2H3,(H2,17,19,20,21,22). The number of aromatic nitrogens is 5. The topological polar surface area (TPSA) is 104 Å². The number of imidazole rings is 1. The van der Waals surface area contributed by atoms with Crippen molar-refractivity contribution in [1.82, 2.24) is 24.5 Å². The molecule has 2 aromatic rings. The molecule has 8 nitrogen and oxygen atoms in total. The molecule has 1 saturated carbocycles. The average molecular weight is 312 g/mol. The van der Waals surface area contributed by atoms with Crippen LogP contribution in [0.5, 0.6) is 0 Å². The van der Waals surface area contributed by atoms with Crippen molar-refractivity contribution in [1.29, 1.82) is 5.26 Å². The van der Waals surface area contributed by atoms with Gasteiger partial charge in [0.25, 0.3) is 0 Å². The first-order chi connectivity index (χ1) is 11.1. The van der Waals surface area contributed by atoms with Gasteiger partial charge in [-0.05, 0) is 19.8 Å². The molecular weight excluding hydrogens is 292 g/mol. The number of aryl methyl sites for hydroxylation is 1. The van der Waals surface area contributed by atoms with Crippen molar-refractivity contribution in [2.45, 2.75) is 44.6 Å². The number of nitrogens with zero attached hydrogens (tertiary/aromatic N) is 6. The van der Waals surface area contributed by atoms with Crippen LogP contribution in [0.25, 0.3) is 5.95 Å². The Morgan fingerprint density at radius 3 is 2.52 bits per heavy atom. The van der Waals surface area contributed by atoms with Crippen LogP contribution in [-0.4, -0.2) is 37.1 Å². The van der Waals surface area contributed by atoms with E-state index >= 15 is 0 Å². The quantitative estimate of drug-likeness (QED) is 0.890. The van der Waals surface area contributed by atoms with E-state index in [2.05, 4.69) is 36.6 Å². The Labute approximate surface area is 135 Å². The maximum Gasteiger partial charge on any atom is 0.241 e. The molecule has 2 aromatic heterocycles. The average Bonchev–Trinajstić information content (AvgIpc) is 3.02. The Morgan fingerprint density at radius 1 is 1.17 bits per heavy atom. The van der Waals surface area contributed by atoms with Gasteiger partial charge < -0.3 is 10.6 Å². The van der Waals surface area contributed by atoms with Gasteiger partial charge in [-0.2, -0.15) is 20.2 Å². The maximum absolute atomic E-state index is 9.60. The van der Waals surface area contributed by atoms with Gasteiger partial charge in [0.05, 0.1) is 11.8 Å². The molecule has 1 fully saturated rings. The van der Waals surface area contributed by atoms with E-state index in [-0.39, 0.29) is 0 Å². The molecule has 120 valence electrons. The van der Waals surface area contributed by atoms with E-state index in [1.165, 1.54) is 6.42 Å². The Morgan fingerprint density at radius 2 is 1.91 bits per heavy atom. The second-order valence-corrected chi connectivity index (χ2v) is 5.83. The van der Waals surface area contributed by atoms with E-state index in [0.29, 0.717) is 17.8 Å². The largest absolute Gasteiger partial charge is 0.357 e. The van der Waals surface area contributed by atoms with Crippen LogP contribution in [0.1, 0.15) is 37.8 Å². The van der Waals surface area contributed by atoms with E-state index in [1.807, 2.05) is 13.1 Å². The molecule has 23 heavy (non-hydrogen) atoms. The minimum atomic E-state index is -0.591. The van der Waals surface area contributed by atoms with Crippen molar-refractivity contribution >= 4 is 11.9 Å². The molecule has 0 radical (unpaired) electrons. The van der Waals surface area contributed by atoms with Crippen LogP contribution < -0.4 is 10.6 Å². The summed E-state index contributed by atoms with van der Waals surface area (Å²) in [5.74, 6) is 1.33. The van der Waals surface area contributed by atoms with Crippen molar-refractivity contribution in [2.75, 3.05) is 17.7 Å². The highest BCUT2D eigenvalue weighted by Gasteiger charge is 2.33. The first-order valence-corrected chi connectivity index (χ1v) is 7.78. The van der Waals surface area contributed by atoms with Crippen molar-refractivity contribution < 1.29 is 0 Å². The zero-order valence-corrected chi connectivity index (χ0v) is 13.4. The van der Waals surface area contributed by atoms with Gasteiger partial charge in [0.2, 0.25) is 17.8 Å². The molecule has 0 unspecified atom stereocenters. The van der Waals surface area contributed by atoms with Crippen molar-refractivity contribution in [3.8, 4) is 12.0 Å². The number of rotatable bonds is 4. The number of nitriles is 1. The second kappa shape index (κ2) is 6.20. The van der Waals surface area contributed by atoms with Gasteiger partial charge in [-0.25, -0.2) is 4.98 Å². The van der Waals surface area contributed by atoms with Gasteiger partial charge in [-0.15, -0.1) is 0 Å². The predicted molar refractivity (Wildman–Crippen MR) is 86.3 cm³/mol. The van der Waals surface area contributed by atoms with E-state index in [9.17, 15) is 5.26 Å². The SMILES string of the molecule is CNc1nc(NC2(C#N)CCCCC2)nc(-n2cnc(C)c2)n1. The highest BCUT2D eigenvalue weighted by atomic mass is 15.3. The second-order valence-electron chi connectivity index (χ2n) is 5.83. The van der Waals surface area contributed by atoms with Gasteiger partial charge >= 0.3 is 0 Å². The van der Waals surface area contributed by atoms with Crippen LogP contribution in [0.15, 0.2) is 12.5 Å².